The molecule has 2 aromatic rings. The Morgan fingerprint density at radius 1 is 1.40 bits per heavy atom. The van der Waals surface area contributed by atoms with Gasteiger partial charge in [-0.05, 0) is 37.0 Å². The molecule has 0 aliphatic carbocycles. The van der Waals surface area contributed by atoms with Gasteiger partial charge >= 0.3 is 0 Å². The van der Waals surface area contributed by atoms with Gasteiger partial charge in [0.1, 0.15) is 5.82 Å². The number of nitrogens with one attached hydrogen (secondary N) is 1. The second-order valence-corrected chi connectivity index (χ2v) is 6.70. The number of rotatable bonds is 6. The van der Waals surface area contributed by atoms with Crippen LogP contribution in [0.15, 0.2) is 30.6 Å². The van der Waals surface area contributed by atoms with E-state index in [-0.39, 0.29) is 11.9 Å². The highest BCUT2D eigenvalue weighted by atomic mass is 16.5. The summed E-state index contributed by atoms with van der Waals surface area (Å²) in [5, 5.41) is 0. The monoisotopic (exact) mass is 343 g/mol. The SMILES string of the molecule is COc1cc(C(=O)N2CCCC2c2ncc[nH]2)ccc1OCC(C)C. The van der Waals surface area contributed by atoms with Crippen molar-refractivity contribution in [1.29, 1.82) is 0 Å². The third-order valence-electron chi connectivity index (χ3n) is 4.33. The van der Waals surface area contributed by atoms with Crippen LogP contribution in [0.4, 0.5) is 0 Å². The van der Waals surface area contributed by atoms with Crippen molar-refractivity contribution in [3.05, 3.63) is 42.0 Å². The number of nitrogens with zero attached hydrogens (tertiary/aromatic N) is 2. The number of H-pyrrole nitrogens is 1. The maximum absolute atomic E-state index is 13.0. The number of hydrogen-bond donors (Lipinski definition) is 1. The normalized spacial score (nSPS) is 17.1. The molecule has 1 unspecified atom stereocenters. The molecule has 1 aliphatic rings. The lowest BCUT2D eigenvalue weighted by Gasteiger charge is -2.23. The summed E-state index contributed by atoms with van der Waals surface area (Å²) in [6, 6.07) is 5.38. The van der Waals surface area contributed by atoms with Crippen LogP contribution in [-0.2, 0) is 0 Å². The molecule has 0 radical (unpaired) electrons. The van der Waals surface area contributed by atoms with Crippen LogP contribution in [0.3, 0.4) is 0 Å². The molecule has 25 heavy (non-hydrogen) atoms. The molecular weight excluding hydrogens is 318 g/mol. The van der Waals surface area contributed by atoms with E-state index in [0.717, 1.165) is 25.2 Å². The summed E-state index contributed by atoms with van der Waals surface area (Å²) in [6.07, 6.45) is 5.41. The van der Waals surface area contributed by atoms with E-state index in [9.17, 15) is 4.79 Å². The Morgan fingerprint density at radius 3 is 2.92 bits per heavy atom. The summed E-state index contributed by atoms with van der Waals surface area (Å²) in [6.45, 7) is 5.52. The minimum Gasteiger partial charge on any atom is -0.493 e. The van der Waals surface area contributed by atoms with Gasteiger partial charge < -0.3 is 19.4 Å². The number of amides is 1. The predicted octanol–water partition coefficient (Wildman–Crippen LogP) is 3.43. The van der Waals surface area contributed by atoms with Gasteiger partial charge in [-0.3, -0.25) is 4.79 Å². The Bertz CT molecular complexity index is 713. The highest BCUT2D eigenvalue weighted by molar-refractivity contribution is 5.95. The highest BCUT2D eigenvalue weighted by Gasteiger charge is 2.32. The predicted molar refractivity (Wildman–Crippen MR) is 94.9 cm³/mol. The molecule has 6 heteroatoms. The molecule has 1 saturated heterocycles. The molecule has 1 atom stereocenters. The molecular formula is C19H25N3O3. The van der Waals surface area contributed by atoms with E-state index in [1.54, 1.807) is 31.6 Å². The van der Waals surface area contributed by atoms with Crippen molar-refractivity contribution in [2.75, 3.05) is 20.3 Å². The van der Waals surface area contributed by atoms with Crippen LogP contribution in [0.25, 0.3) is 0 Å². The van der Waals surface area contributed by atoms with Crippen molar-refractivity contribution < 1.29 is 14.3 Å². The van der Waals surface area contributed by atoms with Crippen LogP contribution in [0, 0.1) is 5.92 Å². The average Bonchev–Trinajstić information content (AvgIpc) is 3.29. The molecule has 0 saturated carbocycles. The molecule has 1 aromatic carbocycles. The van der Waals surface area contributed by atoms with Gasteiger partial charge in [0.25, 0.3) is 5.91 Å². The lowest BCUT2D eigenvalue weighted by atomic mass is 10.1. The Kier molecular flexibility index (Phi) is 5.26. The van der Waals surface area contributed by atoms with E-state index in [0.29, 0.717) is 29.6 Å². The van der Waals surface area contributed by atoms with Crippen molar-refractivity contribution in [1.82, 2.24) is 14.9 Å². The van der Waals surface area contributed by atoms with Crippen molar-refractivity contribution >= 4 is 5.91 Å². The Morgan fingerprint density at radius 2 is 2.24 bits per heavy atom. The van der Waals surface area contributed by atoms with Gasteiger partial charge in [-0.2, -0.15) is 0 Å². The van der Waals surface area contributed by atoms with Crippen molar-refractivity contribution in [3.8, 4) is 11.5 Å². The van der Waals surface area contributed by atoms with Crippen LogP contribution in [0.2, 0.25) is 0 Å². The Balaban J connectivity index is 1.79. The van der Waals surface area contributed by atoms with E-state index in [2.05, 4.69) is 23.8 Å². The van der Waals surface area contributed by atoms with Crippen LogP contribution < -0.4 is 9.47 Å². The van der Waals surface area contributed by atoms with E-state index >= 15 is 0 Å². The van der Waals surface area contributed by atoms with Crippen molar-refractivity contribution in [3.63, 3.8) is 0 Å². The first kappa shape index (κ1) is 17.3. The zero-order valence-electron chi connectivity index (χ0n) is 15.0. The first-order valence-electron chi connectivity index (χ1n) is 8.71. The van der Waals surface area contributed by atoms with Crippen LogP contribution in [-0.4, -0.2) is 41.0 Å². The molecule has 0 bridgehead atoms. The smallest absolute Gasteiger partial charge is 0.254 e. The molecule has 1 aliphatic heterocycles. The minimum absolute atomic E-state index is 0.00497. The first-order valence-corrected chi connectivity index (χ1v) is 8.71. The van der Waals surface area contributed by atoms with Crippen molar-refractivity contribution in [2.45, 2.75) is 32.7 Å². The zero-order valence-corrected chi connectivity index (χ0v) is 15.0. The number of methoxy groups -OCH3 is 1. The standard InChI is InChI=1S/C19H25N3O3/c1-13(2)12-25-16-7-6-14(11-17(16)24-3)19(23)22-10-4-5-15(22)18-20-8-9-21-18/h6-9,11,13,15H,4-5,10,12H2,1-3H3,(H,20,21). The molecule has 2 heterocycles. The van der Waals surface area contributed by atoms with Gasteiger partial charge in [-0.15, -0.1) is 0 Å². The van der Waals surface area contributed by atoms with Gasteiger partial charge in [-0.25, -0.2) is 4.98 Å². The number of imidazole rings is 1. The number of aromatic nitrogens is 2. The molecule has 1 fully saturated rings. The topological polar surface area (TPSA) is 67.5 Å². The van der Waals surface area contributed by atoms with Gasteiger partial charge in [0.2, 0.25) is 0 Å². The zero-order chi connectivity index (χ0) is 17.8. The fraction of sp³-hybridized carbons (Fsp3) is 0.474. The third kappa shape index (κ3) is 3.78. The Hall–Kier alpha value is -2.50. The Labute approximate surface area is 148 Å². The minimum atomic E-state index is -0.00684. The van der Waals surface area contributed by atoms with E-state index in [4.69, 9.17) is 9.47 Å². The van der Waals surface area contributed by atoms with Gasteiger partial charge in [0, 0.05) is 24.5 Å². The fourth-order valence-electron chi connectivity index (χ4n) is 3.10. The van der Waals surface area contributed by atoms with Crippen LogP contribution in [0.5, 0.6) is 11.5 Å². The fourth-order valence-corrected chi connectivity index (χ4v) is 3.10. The summed E-state index contributed by atoms with van der Waals surface area (Å²) < 4.78 is 11.2. The lowest BCUT2D eigenvalue weighted by Crippen LogP contribution is -2.31. The molecule has 1 aromatic heterocycles. The molecule has 6 nitrogen and oxygen atoms in total. The highest BCUT2D eigenvalue weighted by Crippen LogP contribution is 2.33. The summed E-state index contributed by atoms with van der Waals surface area (Å²) in [7, 11) is 1.59. The largest absolute Gasteiger partial charge is 0.493 e. The number of carbonyl (C=O) groups is 1. The van der Waals surface area contributed by atoms with Gasteiger partial charge in [0.15, 0.2) is 11.5 Å². The molecule has 1 amide bonds. The van der Waals surface area contributed by atoms with Gasteiger partial charge in [0.05, 0.1) is 19.8 Å². The maximum atomic E-state index is 13.0. The summed E-state index contributed by atoms with van der Waals surface area (Å²) >= 11 is 0. The van der Waals surface area contributed by atoms with Crippen LogP contribution in [0.1, 0.15) is 48.9 Å². The number of hydrogen-bond acceptors (Lipinski definition) is 4. The van der Waals surface area contributed by atoms with E-state index < -0.39 is 0 Å². The second kappa shape index (κ2) is 7.59. The number of aromatic amines is 1. The summed E-state index contributed by atoms with van der Waals surface area (Å²) in [5.41, 5.74) is 0.604. The number of benzene rings is 1. The first-order chi connectivity index (χ1) is 12.1. The second-order valence-electron chi connectivity index (χ2n) is 6.70. The molecule has 1 N–H and O–H groups in total. The van der Waals surface area contributed by atoms with E-state index in [1.807, 2.05) is 11.0 Å². The number of carbonyl (C=O) groups excluding carboxylic acids is 1. The molecule has 134 valence electrons. The average molecular weight is 343 g/mol. The quantitative estimate of drug-likeness (QED) is 0.872. The van der Waals surface area contributed by atoms with Gasteiger partial charge in [-0.1, -0.05) is 13.8 Å². The molecule has 0 spiro atoms. The summed E-state index contributed by atoms with van der Waals surface area (Å²) in [5.74, 6) is 2.50. The lowest BCUT2D eigenvalue weighted by molar-refractivity contribution is 0.0730. The van der Waals surface area contributed by atoms with Crippen LogP contribution >= 0.6 is 0 Å². The summed E-state index contributed by atoms with van der Waals surface area (Å²) in [4.78, 5) is 22.3. The number of ether oxygens (including phenoxy) is 2. The van der Waals surface area contributed by atoms with E-state index in [1.165, 1.54) is 0 Å². The third-order valence-corrected chi connectivity index (χ3v) is 4.33. The maximum Gasteiger partial charge on any atom is 0.254 e. The number of likely N-dealkylation sites (tertiary alicyclic amines) is 1. The van der Waals surface area contributed by atoms with Crippen molar-refractivity contribution in [2.24, 2.45) is 5.92 Å². The molecule has 3 rings (SSSR count).